The van der Waals surface area contributed by atoms with Crippen LogP contribution in [0.15, 0.2) is 15.1 Å². The topological polar surface area (TPSA) is 38.9 Å². The highest BCUT2D eigenvalue weighted by molar-refractivity contribution is 9.11. The van der Waals surface area contributed by atoms with Crippen LogP contribution in [0.4, 0.5) is 8.78 Å². The summed E-state index contributed by atoms with van der Waals surface area (Å²) in [4.78, 5) is 3.86. The molecule has 0 aliphatic heterocycles. The zero-order chi connectivity index (χ0) is 10.0. The molecule has 0 radical (unpaired) electrons. The SMILES string of the molecule is NCc1nc(Br)cc(Br)c1C(F)F. The lowest BCUT2D eigenvalue weighted by Crippen LogP contribution is -2.06. The predicted molar refractivity (Wildman–Crippen MR) is 52.5 cm³/mol. The van der Waals surface area contributed by atoms with E-state index >= 15 is 0 Å². The third-order valence-electron chi connectivity index (χ3n) is 1.47. The second-order valence-corrected chi connectivity index (χ2v) is 3.96. The van der Waals surface area contributed by atoms with Crippen LogP contribution in [0.25, 0.3) is 0 Å². The lowest BCUT2D eigenvalue weighted by atomic mass is 10.2. The molecule has 0 saturated heterocycles. The molecule has 0 aliphatic carbocycles. The first-order valence-corrected chi connectivity index (χ1v) is 4.98. The lowest BCUT2D eigenvalue weighted by Gasteiger charge is -2.08. The molecule has 1 heterocycles. The molecule has 1 aromatic heterocycles. The summed E-state index contributed by atoms with van der Waals surface area (Å²) in [5.41, 5.74) is 5.36. The van der Waals surface area contributed by atoms with Crippen molar-refractivity contribution in [2.75, 3.05) is 0 Å². The van der Waals surface area contributed by atoms with Gasteiger partial charge in [-0.05, 0) is 22.0 Å². The van der Waals surface area contributed by atoms with Crippen LogP contribution >= 0.6 is 31.9 Å². The zero-order valence-corrected chi connectivity index (χ0v) is 9.57. The van der Waals surface area contributed by atoms with Gasteiger partial charge in [0.15, 0.2) is 0 Å². The predicted octanol–water partition coefficient (Wildman–Crippen LogP) is 3.00. The van der Waals surface area contributed by atoms with Crippen molar-refractivity contribution in [2.45, 2.75) is 13.0 Å². The molecule has 0 aromatic carbocycles. The molecule has 13 heavy (non-hydrogen) atoms. The summed E-state index contributed by atoms with van der Waals surface area (Å²) in [6, 6.07) is 1.47. The molecule has 0 fully saturated rings. The Hall–Kier alpha value is -0.0700. The Morgan fingerprint density at radius 1 is 1.46 bits per heavy atom. The smallest absolute Gasteiger partial charge is 0.266 e. The van der Waals surface area contributed by atoms with Crippen LogP contribution in [-0.4, -0.2) is 4.98 Å². The van der Waals surface area contributed by atoms with E-state index in [4.69, 9.17) is 5.73 Å². The van der Waals surface area contributed by atoms with Gasteiger partial charge in [-0.25, -0.2) is 13.8 Å². The van der Waals surface area contributed by atoms with Crippen molar-refractivity contribution in [1.82, 2.24) is 4.98 Å². The third-order valence-corrected chi connectivity index (χ3v) is 2.53. The van der Waals surface area contributed by atoms with Crippen LogP contribution < -0.4 is 5.73 Å². The van der Waals surface area contributed by atoms with Gasteiger partial charge in [0.05, 0.1) is 11.3 Å². The molecule has 1 rings (SSSR count). The number of nitrogens with two attached hydrogens (primary N) is 1. The average molecular weight is 316 g/mol. The van der Waals surface area contributed by atoms with Crippen LogP contribution in [0.5, 0.6) is 0 Å². The van der Waals surface area contributed by atoms with Gasteiger partial charge < -0.3 is 5.73 Å². The van der Waals surface area contributed by atoms with Crippen LogP contribution in [-0.2, 0) is 6.54 Å². The minimum atomic E-state index is -2.56. The van der Waals surface area contributed by atoms with E-state index in [9.17, 15) is 8.78 Å². The Labute approximate surface area is 90.8 Å². The number of rotatable bonds is 2. The number of pyridine rings is 1. The fraction of sp³-hybridized carbons (Fsp3) is 0.286. The van der Waals surface area contributed by atoms with Gasteiger partial charge in [0.1, 0.15) is 4.60 Å². The Bertz CT molecular complexity index is 318. The van der Waals surface area contributed by atoms with Crippen molar-refractivity contribution in [3.63, 3.8) is 0 Å². The van der Waals surface area contributed by atoms with E-state index in [-0.39, 0.29) is 17.8 Å². The molecular formula is C7H6Br2F2N2. The molecule has 0 unspecified atom stereocenters. The van der Waals surface area contributed by atoms with E-state index < -0.39 is 6.43 Å². The molecule has 0 aliphatic rings. The Morgan fingerprint density at radius 2 is 2.08 bits per heavy atom. The third kappa shape index (κ3) is 2.45. The largest absolute Gasteiger partial charge is 0.325 e. The van der Waals surface area contributed by atoms with Crippen LogP contribution in [0.3, 0.4) is 0 Å². The zero-order valence-electron chi connectivity index (χ0n) is 6.40. The van der Waals surface area contributed by atoms with Crippen LogP contribution in [0.1, 0.15) is 17.7 Å². The van der Waals surface area contributed by atoms with Gasteiger partial charge in [0.2, 0.25) is 0 Å². The molecular weight excluding hydrogens is 310 g/mol. The molecule has 1 aromatic rings. The standard InChI is InChI=1S/C7H6Br2F2N2/c8-3-1-5(9)13-4(2-12)6(3)7(10)11/h1,7H,2,12H2. The first-order chi connectivity index (χ1) is 6.06. The summed E-state index contributed by atoms with van der Waals surface area (Å²) in [7, 11) is 0. The molecule has 0 spiro atoms. The number of hydrogen-bond donors (Lipinski definition) is 1. The fourth-order valence-corrected chi connectivity index (χ4v) is 2.30. The normalized spacial score (nSPS) is 10.9. The van der Waals surface area contributed by atoms with Crippen LogP contribution in [0, 0.1) is 0 Å². The number of nitrogens with zero attached hydrogens (tertiary/aromatic N) is 1. The summed E-state index contributed by atoms with van der Waals surface area (Å²) in [6.07, 6.45) is -2.56. The Kier molecular flexibility index (Phi) is 3.75. The first kappa shape index (κ1) is 11.0. The van der Waals surface area contributed by atoms with Gasteiger partial charge in [-0.2, -0.15) is 0 Å². The molecule has 2 nitrogen and oxygen atoms in total. The van der Waals surface area contributed by atoms with Gasteiger partial charge in [-0.15, -0.1) is 0 Å². The van der Waals surface area contributed by atoms with E-state index in [1.54, 1.807) is 0 Å². The second-order valence-electron chi connectivity index (χ2n) is 2.29. The molecule has 6 heteroatoms. The average Bonchev–Trinajstić information content (AvgIpc) is 2.01. The molecule has 72 valence electrons. The van der Waals surface area contributed by atoms with E-state index in [1.165, 1.54) is 6.07 Å². The van der Waals surface area contributed by atoms with Gasteiger partial charge in [0.25, 0.3) is 6.43 Å². The van der Waals surface area contributed by atoms with Gasteiger partial charge >= 0.3 is 0 Å². The van der Waals surface area contributed by atoms with Crippen molar-refractivity contribution in [1.29, 1.82) is 0 Å². The minimum absolute atomic E-state index is 0.00227. The molecule has 0 amide bonds. The summed E-state index contributed by atoms with van der Waals surface area (Å²) >= 11 is 6.13. The maximum absolute atomic E-state index is 12.5. The summed E-state index contributed by atoms with van der Waals surface area (Å²) in [5.74, 6) is 0. The summed E-state index contributed by atoms with van der Waals surface area (Å²) < 4.78 is 25.7. The van der Waals surface area contributed by atoms with E-state index in [1.807, 2.05) is 0 Å². The summed E-state index contributed by atoms with van der Waals surface area (Å²) in [5, 5.41) is 0. The van der Waals surface area contributed by atoms with Crippen molar-refractivity contribution in [3.8, 4) is 0 Å². The highest BCUT2D eigenvalue weighted by Gasteiger charge is 2.17. The van der Waals surface area contributed by atoms with Crippen molar-refractivity contribution in [3.05, 3.63) is 26.4 Å². The maximum atomic E-state index is 12.5. The van der Waals surface area contributed by atoms with E-state index in [0.717, 1.165) is 0 Å². The Morgan fingerprint density at radius 3 is 2.54 bits per heavy atom. The number of alkyl halides is 2. The monoisotopic (exact) mass is 314 g/mol. The minimum Gasteiger partial charge on any atom is -0.325 e. The van der Waals surface area contributed by atoms with Crippen molar-refractivity contribution >= 4 is 31.9 Å². The quantitative estimate of drug-likeness (QED) is 0.852. The molecule has 0 bridgehead atoms. The highest BCUT2D eigenvalue weighted by atomic mass is 79.9. The first-order valence-electron chi connectivity index (χ1n) is 3.39. The van der Waals surface area contributed by atoms with Gasteiger partial charge in [-0.1, -0.05) is 15.9 Å². The van der Waals surface area contributed by atoms with Crippen molar-refractivity contribution < 1.29 is 8.78 Å². The number of halogens is 4. The Balaban J connectivity index is 3.30. The summed E-state index contributed by atoms with van der Waals surface area (Å²) in [6.45, 7) is -0.00227. The molecule has 2 N–H and O–H groups in total. The lowest BCUT2D eigenvalue weighted by molar-refractivity contribution is 0.148. The van der Waals surface area contributed by atoms with E-state index in [0.29, 0.717) is 9.08 Å². The highest BCUT2D eigenvalue weighted by Crippen LogP contribution is 2.31. The number of aromatic nitrogens is 1. The van der Waals surface area contributed by atoms with Gasteiger partial charge in [-0.3, -0.25) is 0 Å². The molecule has 0 saturated carbocycles. The second kappa shape index (κ2) is 4.43. The van der Waals surface area contributed by atoms with Crippen molar-refractivity contribution in [2.24, 2.45) is 5.73 Å². The molecule has 0 atom stereocenters. The number of hydrogen-bond acceptors (Lipinski definition) is 2. The maximum Gasteiger partial charge on any atom is 0.266 e. The van der Waals surface area contributed by atoms with E-state index in [2.05, 4.69) is 36.8 Å². The van der Waals surface area contributed by atoms with Gasteiger partial charge in [0, 0.05) is 11.0 Å². The fourth-order valence-electron chi connectivity index (χ4n) is 0.927. The van der Waals surface area contributed by atoms with Crippen LogP contribution in [0.2, 0.25) is 0 Å².